The van der Waals surface area contributed by atoms with E-state index in [-0.39, 0.29) is 22.1 Å². The number of ether oxygens (including phenoxy) is 3. The van der Waals surface area contributed by atoms with Gasteiger partial charge in [-0.1, -0.05) is 0 Å². The predicted molar refractivity (Wildman–Crippen MR) is 91.5 cm³/mol. The van der Waals surface area contributed by atoms with Crippen LogP contribution in [0.2, 0.25) is 5.02 Å². The highest BCUT2D eigenvalue weighted by molar-refractivity contribution is 5.67. The highest BCUT2D eigenvalue weighted by Gasteiger charge is 2.27. The lowest BCUT2D eigenvalue weighted by Gasteiger charge is -2.29. The van der Waals surface area contributed by atoms with Crippen LogP contribution in [-0.2, 0) is 14.2 Å². The summed E-state index contributed by atoms with van der Waals surface area (Å²) in [7, 11) is 0. The van der Waals surface area contributed by atoms with Crippen molar-refractivity contribution in [2.45, 2.75) is 19.6 Å². The summed E-state index contributed by atoms with van der Waals surface area (Å²) in [5.41, 5.74) is 0.0198. The third-order valence-electron chi connectivity index (χ3n) is 4.46. The van der Waals surface area contributed by atoms with Crippen LogP contribution >= 0.6 is 0 Å². The molecule has 0 aromatic heterocycles. The molecule has 0 amide bonds. The van der Waals surface area contributed by atoms with Crippen LogP contribution in [0.5, 0.6) is 0 Å². The van der Waals surface area contributed by atoms with E-state index in [0.717, 1.165) is 12.5 Å². The molecule has 1 fully saturated rings. The lowest BCUT2D eigenvalue weighted by Crippen LogP contribution is -2.28. The molecule has 1 saturated heterocycles. The Bertz CT molecular complexity index is 792. The molecule has 2 aromatic rings. The van der Waals surface area contributed by atoms with Gasteiger partial charge in [0.25, 0.3) is 0 Å². The van der Waals surface area contributed by atoms with Gasteiger partial charge in [-0.2, -0.15) is 0 Å². The van der Waals surface area contributed by atoms with E-state index in [2.05, 4.69) is 0 Å². The number of rotatable bonds is 6. The fraction of sp³-hybridized carbons (Fsp3) is 0.400. The van der Waals surface area contributed by atoms with E-state index in [9.17, 15) is 17.6 Å². The van der Waals surface area contributed by atoms with Gasteiger partial charge in [-0.3, -0.25) is 0 Å². The molecule has 152 valence electrons. The molecule has 3 rings (SSSR count). The summed E-state index contributed by atoms with van der Waals surface area (Å²) in [6.07, 6.45) is 0.0113. The molecule has 28 heavy (non-hydrogen) atoms. The van der Waals surface area contributed by atoms with Gasteiger partial charge in [0, 0.05) is 30.8 Å². The standard InChI is InChI=1S/C20H20ClF4O3/c1-2-26-4-3-11-9-27-20(28-10-11)13-5-14(21)18(15(22)8-13)12-6-16(23)19(25)17(24)7-12/h5-8,11,20-21H,2-4,9-10H2,1H3/q+1. The van der Waals surface area contributed by atoms with Crippen LogP contribution in [0.4, 0.5) is 17.6 Å². The smallest absolute Gasteiger partial charge is 0.236 e. The molecule has 8 heteroatoms. The van der Waals surface area contributed by atoms with Gasteiger partial charge >= 0.3 is 0 Å². The van der Waals surface area contributed by atoms with Crippen LogP contribution in [0.3, 0.4) is 0 Å². The number of hydrogen-bond donors (Lipinski definition) is 0. The molecular weight excluding hydrogens is 400 g/mol. The first kappa shape index (κ1) is 21.0. The first-order valence-corrected chi connectivity index (χ1v) is 9.27. The SMILES string of the molecule is CCOCCC1COC(c2cc(F)c(-c3cc(F)c(F)c(F)c3)c([ClH+])c2)OC1. The van der Waals surface area contributed by atoms with Gasteiger partial charge in [0.15, 0.2) is 35.3 Å². The maximum atomic E-state index is 14.7. The lowest BCUT2D eigenvalue weighted by molar-refractivity contribution is -0.288. The second-order valence-corrected chi connectivity index (χ2v) is 6.92. The zero-order chi connectivity index (χ0) is 20.3. The summed E-state index contributed by atoms with van der Waals surface area (Å²) in [6.45, 7) is 4.04. The van der Waals surface area contributed by atoms with Crippen molar-refractivity contribution in [1.82, 2.24) is 0 Å². The minimum Gasteiger partial charge on any atom is -0.382 e. The molecule has 1 aliphatic rings. The summed E-state index contributed by atoms with van der Waals surface area (Å²) in [6, 6.07) is 4.03. The van der Waals surface area contributed by atoms with Gasteiger partial charge in [-0.15, -0.1) is 0 Å². The first-order valence-electron chi connectivity index (χ1n) is 8.87. The Labute approximate surface area is 165 Å². The minimum absolute atomic E-state index is 0.0195. The van der Waals surface area contributed by atoms with Crippen molar-refractivity contribution in [2.24, 2.45) is 5.92 Å². The van der Waals surface area contributed by atoms with Crippen LogP contribution in [-0.4, -0.2) is 26.4 Å². The maximum absolute atomic E-state index is 14.7. The highest BCUT2D eigenvalue weighted by Crippen LogP contribution is 2.34. The minimum atomic E-state index is -1.62. The van der Waals surface area contributed by atoms with Gasteiger partial charge in [-0.05, 0) is 37.1 Å². The van der Waals surface area contributed by atoms with E-state index < -0.39 is 29.6 Å². The topological polar surface area (TPSA) is 27.7 Å². The van der Waals surface area contributed by atoms with Crippen molar-refractivity contribution in [1.29, 1.82) is 0 Å². The van der Waals surface area contributed by atoms with Crippen LogP contribution in [0.1, 0.15) is 25.2 Å². The van der Waals surface area contributed by atoms with Crippen molar-refractivity contribution in [2.75, 3.05) is 26.4 Å². The number of halogens is 5. The van der Waals surface area contributed by atoms with E-state index in [0.29, 0.717) is 44.1 Å². The molecule has 1 heterocycles. The first-order chi connectivity index (χ1) is 13.4. The molecule has 0 radical (unpaired) electrons. The summed E-state index contributed by atoms with van der Waals surface area (Å²) >= 11 is 5.19. The Hall–Kier alpha value is -1.67. The summed E-state index contributed by atoms with van der Waals surface area (Å²) < 4.78 is 71.4. The number of benzene rings is 2. The third kappa shape index (κ3) is 4.66. The molecular formula is C20H20ClF4O3+. The van der Waals surface area contributed by atoms with Crippen LogP contribution in [0.15, 0.2) is 24.3 Å². The van der Waals surface area contributed by atoms with Crippen molar-refractivity contribution < 1.29 is 43.4 Å². The largest absolute Gasteiger partial charge is 0.382 e. The Kier molecular flexibility index (Phi) is 6.93. The molecule has 0 N–H and O–H groups in total. The average molecular weight is 420 g/mol. The molecule has 3 nitrogen and oxygen atoms in total. The van der Waals surface area contributed by atoms with Gasteiger partial charge < -0.3 is 14.2 Å². The van der Waals surface area contributed by atoms with E-state index in [1.165, 1.54) is 6.07 Å². The van der Waals surface area contributed by atoms with Gasteiger partial charge in [0.05, 0.1) is 18.8 Å². The number of hydrogen-bond acceptors (Lipinski definition) is 3. The normalized spacial score (nSPS) is 19.8. The second-order valence-electron chi connectivity index (χ2n) is 6.48. The molecule has 0 unspecified atom stereocenters. The fourth-order valence-corrected chi connectivity index (χ4v) is 3.37. The maximum Gasteiger partial charge on any atom is 0.236 e. The summed E-state index contributed by atoms with van der Waals surface area (Å²) in [5, 5.41) is 0.0195. The average Bonchev–Trinajstić information content (AvgIpc) is 2.66. The van der Waals surface area contributed by atoms with Gasteiger partial charge in [-0.25, -0.2) is 17.6 Å². The van der Waals surface area contributed by atoms with E-state index >= 15 is 0 Å². The van der Waals surface area contributed by atoms with E-state index in [4.69, 9.17) is 25.8 Å². The Morgan fingerprint density at radius 2 is 1.64 bits per heavy atom. The van der Waals surface area contributed by atoms with Crippen LogP contribution in [0.25, 0.3) is 11.1 Å². The van der Waals surface area contributed by atoms with Crippen molar-refractivity contribution in [3.05, 3.63) is 58.1 Å². The second kappa shape index (κ2) is 9.22. The van der Waals surface area contributed by atoms with Gasteiger partial charge in [0.2, 0.25) is 5.02 Å². The van der Waals surface area contributed by atoms with Crippen LogP contribution in [0, 0.1) is 40.8 Å². The molecule has 0 aliphatic carbocycles. The molecule has 0 atom stereocenters. The van der Waals surface area contributed by atoms with Crippen molar-refractivity contribution in [3.8, 4) is 11.1 Å². The zero-order valence-electron chi connectivity index (χ0n) is 15.1. The molecule has 0 spiro atoms. The van der Waals surface area contributed by atoms with Crippen LogP contribution < -0.4 is 0 Å². The van der Waals surface area contributed by atoms with Crippen molar-refractivity contribution in [3.63, 3.8) is 0 Å². The molecule has 1 aliphatic heterocycles. The van der Waals surface area contributed by atoms with E-state index in [1.807, 2.05) is 6.92 Å². The predicted octanol–water partition coefficient (Wildman–Crippen LogP) is 4.69. The third-order valence-corrected chi connectivity index (χ3v) is 4.78. The molecule has 0 saturated carbocycles. The van der Waals surface area contributed by atoms with Crippen molar-refractivity contribution >= 4 is 0 Å². The fourth-order valence-electron chi connectivity index (χ4n) is 3.01. The molecule has 2 aromatic carbocycles. The molecule has 0 bridgehead atoms. The van der Waals surface area contributed by atoms with E-state index in [1.54, 1.807) is 0 Å². The lowest BCUT2D eigenvalue weighted by atomic mass is 10.0. The summed E-state index contributed by atoms with van der Waals surface area (Å²) in [5.74, 6) is -5.05. The monoisotopic (exact) mass is 419 g/mol. The quantitative estimate of drug-likeness (QED) is 0.386. The highest BCUT2D eigenvalue weighted by atomic mass is 35.5. The zero-order valence-corrected chi connectivity index (χ0v) is 16.0. The van der Waals surface area contributed by atoms with Gasteiger partial charge in [0.1, 0.15) is 5.82 Å². The Balaban J connectivity index is 1.76. The summed E-state index contributed by atoms with van der Waals surface area (Å²) in [4.78, 5) is 0. The Morgan fingerprint density at radius 1 is 1.00 bits per heavy atom. The Morgan fingerprint density at radius 3 is 2.21 bits per heavy atom.